The maximum atomic E-state index is 9.41. The van der Waals surface area contributed by atoms with Gasteiger partial charge in [-0.1, -0.05) is 18.2 Å². The van der Waals surface area contributed by atoms with Crippen molar-refractivity contribution in [2.24, 2.45) is 0 Å². The van der Waals surface area contributed by atoms with Crippen molar-refractivity contribution < 1.29 is 0 Å². The van der Waals surface area contributed by atoms with Gasteiger partial charge in [-0.3, -0.25) is 0 Å². The molecule has 1 fully saturated rings. The number of hydrogen-bond donors (Lipinski definition) is 0. The van der Waals surface area contributed by atoms with Gasteiger partial charge >= 0.3 is 0 Å². The molecule has 0 unspecified atom stereocenters. The van der Waals surface area contributed by atoms with Crippen LogP contribution in [0.4, 0.5) is 0 Å². The summed E-state index contributed by atoms with van der Waals surface area (Å²) in [5, 5.41) is 19.5. The molecule has 0 spiro atoms. The molecule has 0 N–H and O–H groups in total. The zero-order valence-corrected chi connectivity index (χ0v) is 11.0. The number of allylic oxidation sites excluding steroid dienone is 1. The first kappa shape index (κ1) is 12.5. The van der Waals surface area contributed by atoms with E-state index in [0.717, 1.165) is 29.3 Å². The number of hydrogen-bond acceptors (Lipinski definition) is 4. The summed E-state index contributed by atoms with van der Waals surface area (Å²) in [7, 11) is 1.99. The average Bonchev–Trinajstić information content (AvgIpc) is 2.42. The van der Waals surface area contributed by atoms with Gasteiger partial charge < -0.3 is 4.90 Å². The van der Waals surface area contributed by atoms with Crippen molar-refractivity contribution in [3.05, 3.63) is 40.4 Å². The van der Waals surface area contributed by atoms with E-state index in [9.17, 15) is 5.26 Å². The van der Waals surface area contributed by atoms with Crippen LogP contribution < -0.4 is 0 Å². The second-order valence-electron chi connectivity index (χ2n) is 4.07. The van der Waals surface area contributed by atoms with Gasteiger partial charge in [0.1, 0.15) is 6.07 Å². The molecule has 0 radical (unpaired) electrons. The molecular weight excluding hydrogens is 242 g/mol. The van der Waals surface area contributed by atoms with Gasteiger partial charge in [-0.15, -0.1) is 11.8 Å². The molecule has 1 saturated heterocycles. The average molecular weight is 255 g/mol. The summed E-state index contributed by atoms with van der Waals surface area (Å²) in [4.78, 5) is 2.10. The van der Waals surface area contributed by atoms with E-state index < -0.39 is 0 Å². The van der Waals surface area contributed by atoms with Crippen molar-refractivity contribution in [3.63, 3.8) is 0 Å². The lowest BCUT2D eigenvalue weighted by molar-refractivity contribution is 0.438. The van der Waals surface area contributed by atoms with Crippen molar-refractivity contribution in [1.82, 2.24) is 4.90 Å². The zero-order valence-electron chi connectivity index (χ0n) is 10.2. The second kappa shape index (κ2) is 5.62. The van der Waals surface area contributed by atoms with Gasteiger partial charge in [0.2, 0.25) is 0 Å². The van der Waals surface area contributed by atoms with E-state index in [-0.39, 0.29) is 0 Å². The number of thioether (sulfide) groups is 1. The smallest absolute Gasteiger partial charge is 0.103 e. The highest BCUT2D eigenvalue weighted by Gasteiger charge is 2.19. The molecule has 0 atom stereocenters. The lowest BCUT2D eigenvalue weighted by Crippen LogP contribution is -2.23. The van der Waals surface area contributed by atoms with Crippen molar-refractivity contribution in [2.45, 2.75) is 6.42 Å². The Bertz CT molecular complexity index is 563. The Hall–Kier alpha value is -1.91. The summed E-state index contributed by atoms with van der Waals surface area (Å²) < 4.78 is 0. The van der Waals surface area contributed by atoms with E-state index in [1.165, 1.54) is 0 Å². The molecule has 1 aliphatic rings. The lowest BCUT2D eigenvalue weighted by atomic mass is 10.0. The molecule has 1 aromatic rings. The van der Waals surface area contributed by atoms with Crippen LogP contribution in [0.5, 0.6) is 0 Å². The summed E-state index contributed by atoms with van der Waals surface area (Å²) >= 11 is 1.69. The fraction of sp³-hybridized carbons (Fsp3) is 0.286. The number of benzene rings is 1. The van der Waals surface area contributed by atoms with Gasteiger partial charge in [-0.05, 0) is 12.5 Å². The van der Waals surface area contributed by atoms with E-state index in [4.69, 9.17) is 5.26 Å². The van der Waals surface area contributed by atoms with Gasteiger partial charge in [-0.25, -0.2) is 0 Å². The van der Waals surface area contributed by atoms with Gasteiger partial charge in [0, 0.05) is 24.9 Å². The largest absolute Gasteiger partial charge is 0.368 e. The fourth-order valence-corrected chi connectivity index (χ4v) is 3.05. The summed E-state index contributed by atoms with van der Waals surface area (Å²) in [6.07, 6.45) is 1.13. The Morgan fingerprint density at radius 1 is 1.33 bits per heavy atom. The summed E-state index contributed by atoms with van der Waals surface area (Å²) in [6, 6.07) is 11.7. The SMILES string of the molecule is CN1CCCS/C1=C(/C#N)c1ccccc1C#N. The summed E-state index contributed by atoms with van der Waals surface area (Å²) in [5.74, 6) is 1.03. The minimum absolute atomic E-state index is 0.557. The topological polar surface area (TPSA) is 50.8 Å². The fourth-order valence-electron chi connectivity index (χ4n) is 1.97. The Morgan fingerprint density at radius 3 is 2.78 bits per heavy atom. The molecule has 18 heavy (non-hydrogen) atoms. The predicted octanol–water partition coefficient (Wildman–Crippen LogP) is 2.82. The van der Waals surface area contributed by atoms with Crippen LogP contribution in [-0.2, 0) is 0 Å². The quantitative estimate of drug-likeness (QED) is 0.724. The van der Waals surface area contributed by atoms with Gasteiger partial charge in [0.25, 0.3) is 0 Å². The highest BCUT2D eigenvalue weighted by Crippen LogP contribution is 2.33. The minimum Gasteiger partial charge on any atom is -0.368 e. The molecule has 90 valence electrons. The van der Waals surface area contributed by atoms with Crippen LogP contribution in [0.3, 0.4) is 0 Å². The third kappa shape index (κ3) is 2.34. The zero-order chi connectivity index (χ0) is 13.0. The monoisotopic (exact) mass is 255 g/mol. The van der Waals surface area contributed by atoms with E-state index in [1.54, 1.807) is 17.8 Å². The molecule has 4 heteroatoms. The first-order chi connectivity index (χ1) is 8.77. The van der Waals surface area contributed by atoms with Crippen LogP contribution in [-0.4, -0.2) is 24.2 Å². The maximum absolute atomic E-state index is 9.41. The number of rotatable bonds is 1. The van der Waals surface area contributed by atoms with Crippen LogP contribution >= 0.6 is 11.8 Å². The van der Waals surface area contributed by atoms with Crippen LogP contribution in [0.25, 0.3) is 5.57 Å². The van der Waals surface area contributed by atoms with Crippen LogP contribution in [0.1, 0.15) is 17.5 Å². The van der Waals surface area contributed by atoms with E-state index >= 15 is 0 Å². The van der Waals surface area contributed by atoms with Crippen LogP contribution in [0.15, 0.2) is 29.3 Å². The molecule has 2 rings (SSSR count). The molecule has 0 bridgehead atoms. The summed E-state index contributed by atoms with van der Waals surface area (Å²) in [6.45, 7) is 0.961. The molecule has 0 saturated carbocycles. The van der Waals surface area contributed by atoms with Crippen molar-refractivity contribution in [2.75, 3.05) is 19.3 Å². The molecule has 1 aromatic carbocycles. The standard InChI is InChI=1S/C14H13N3S/c1-17-7-4-8-18-14(17)13(10-16)12-6-3-2-5-11(12)9-15/h2-3,5-6H,4,7-8H2,1H3/b14-13-. The number of nitrogens with zero attached hydrogens (tertiary/aromatic N) is 3. The van der Waals surface area contributed by atoms with Gasteiger partial charge in [-0.2, -0.15) is 10.5 Å². The van der Waals surface area contributed by atoms with Crippen molar-refractivity contribution in [1.29, 1.82) is 10.5 Å². The third-order valence-electron chi connectivity index (χ3n) is 2.87. The molecule has 0 aliphatic carbocycles. The normalized spacial score (nSPS) is 17.8. The highest BCUT2D eigenvalue weighted by molar-refractivity contribution is 8.03. The highest BCUT2D eigenvalue weighted by atomic mass is 32.2. The molecule has 0 amide bonds. The molecule has 3 nitrogen and oxygen atoms in total. The van der Waals surface area contributed by atoms with E-state index in [0.29, 0.717) is 11.1 Å². The Kier molecular flexibility index (Phi) is 3.92. The van der Waals surface area contributed by atoms with Gasteiger partial charge in [0.15, 0.2) is 0 Å². The lowest BCUT2D eigenvalue weighted by Gasteiger charge is -2.28. The Morgan fingerprint density at radius 2 is 2.11 bits per heavy atom. The Labute approximate surface area is 111 Å². The number of nitriles is 2. The van der Waals surface area contributed by atoms with E-state index in [1.807, 2.05) is 25.2 Å². The van der Waals surface area contributed by atoms with E-state index in [2.05, 4.69) is 17.0 Å². The first-order valence-electron chi connectivity index (χ1n) is 5.75. The maximum Gasteiger partial charge on any atom is 0.103 e. The van der Waals surface area contributed by atoms with Crippen molar-refractivity contribution in [3.8, 4) is 12.1 Å². The summed E-state index contributed by atoms with van der Waals surface area (Å²) in [5.41, 5.74) is 1.90. The van der Waals surface area contributed by atoms with Crippen molar-refractivity contribution >= 4 is 17.3 Å². The molecule has 1 heterocycles. The second-order valence-corrected chi connectivity index (χ2v) is 5.16. The minimum atomic E-state index is 0.557. The first-order valence-corrected chi connectivity index (χ1v) is 6.74. The molecule has 1 aliphatic heterocycles. The Balaban J connectivity index is 2.55. The van der Waals surface area contributed by atoms with Crippen LogP contribution in [0.2, 0.25) is 0 Å². The van der Waals surface area contributed by atoms with Crippen LogP contribution in [0, 0.1) is 22.7 Å². The third-order valence-corrected chi connectivity index (χ3v) is 4.15. The predicted molar refractivity (Wildman–Crippen MR) is 73.4 cm³/mol. The van der Waals surface area contributed by atoms with Gasteiger partial charge in [0.05, 0.1) is 22.2 Å². The molecular formula is C14H13N3S. The molecule has 0 aromatic heterocycles.